The average Bonchev–Trinajstić information content (AvgIpc) is 2.35. The minimum atomic E-state index is -0.434. The molecule has 2 rings (SSSR count). The van der Waals surface area contributed by atoms with Crippen molar-refractivity contribution in [1.82, 2.24) is 5.32 Å². The van der Waals surface area contributed by atoms with Gasteiger partial charge in [0.25, 0.3) is 0 Å². The maximum atomic E-state index is 12.0. The normalized spacial score (nSPS) is 19.2. The monoisotopic (exact) mass is 264 g/mol. The summed E-state index contributed by atoms with van der Waals surface area (Å²) in [5.74, 6) is 0.840. The van der Waals surface area contributed by atoms with Crippen molar-refractivity contribution in [3.05, 3.63) is 29.3 Å². The van der Waals surface area contributed by atoms with E-state index in [0.29, 0.717) is 11.5 Å². The van der Waals surface area contributed by atoms with Gasteiger partial charge in [-0.3, -0.25) is 9.59 Å². The molecule has 1 fully saturated rings. The molecular formula is C13H16N2O2S. The minimum absolute atomic E-state index is 0.0765. The summed E-state index contributed by atoms with van der Waals surface area (Å²) in [7, 11) is 0. The van der Waals surface area contributed by atoms with E-state index in [1.165, 1.54) is 11.8 Å². The van der Waals surface area contributed by atoms with Crippen molar-refractivity contribution >= 4 is 29.3 Å². The lowest BCUT2D eigenvalue weighted by molar-refractivity contribution is -0.124. The molecule has 0 bridgehead atoms. The molecule has 96 valence electrons. The van der Waals surface area contributed by atoms with Gasteiger partial charge in [0.15, 0.2) is 0 Å². The zero-order valence-corrected chi connectivity index (χ0v) is 11.3. The lowest BCUT2D eigenvalue weighted by Crippen LogP contribution is -2.49. The molecule has 0 saturated carbocycles. The lowest BCUT2D eigenvalue weighted by Gasteiger charge is -2.22. The van der Waals surface area contributed by atoms with Crippen molar-refractivity contribution in [1.29, 1.82) is 0 Å². The van der Waals surface area contributed by atoms with E-state index < -0.39 is 6.04 Å². The van der Waals surface area contributed by atoms with Crippen LogP contribution < -0.4 is 10.6 Å². The maximum Gasteiger partial charge on any atom is 0.247 e. The van der Waals surface area contributed by atoms with Crippen LogP contribution in [0.3, 0.4) is 0 Å². The van der Waals surface area contributed by atoms with Crippen molar-refractivity contribution in [2.24, 2.45) is 0 Å². The van der Waals surface area contributed by atoms with Crippen LogP contribution in [0.25, 0.3) is 0 Å². The van der Waals surface area contributed by atoms with Gasteiger partial charge in [-0.1, -0.05) is 12.1 Å². The molecule has 1 aliphatic rings. The van der Waals surface area contributed by atoms with Crippen molar-refractivity contribution in [2.45, 2.75) is 19.9 Å². The Labute approximate surface area is 111 Å². The van der Waals surface area contributed by atoms with Crippen LogP contribution in [0.15, 0.2) is 18.2 Å². The first-order chi connectivity index (χ1) is 8.58. The Bertz CT molecular complexity index is 488. The third-order valence-corrected chi connectivity index (χ3v) is 4.07. The summed E-state index contributed by atoms with van der Waals surface area (Å²) < 4.78 is 0. The van der Waals surface area contributed by atoms with Crippen LogP contribution in [-0.4, -0.2) is 29.4 Å². The van der Waals surface area contributed by atoms with Crippen molar-refractivity contribution in [2.75, 3.05) is 16.8 Å². The number of nitrogens with one attached hydrogen (secondary N) is 2. The third-order valence-electron chi connectivity index (χ3n) is 3.03. The minimum Gasteiger partial charge on any atom is -0.343 e. The van der Waals surface area contributed by atoms with Gasteiger partial charge >= 0.3 is 0 Å². The molecule has 1 heterocycles. The number of hydrogen-bond donors (Lipinski definition) is 2. The van der Waals surface area contributed by atoms with Crippen molar-refractivity contribution in [3.63, 3.8) is 0 Å². The summed E-state index contributed by atoms with van der Waals surface area (Å²) in [5, 5.41) is 5.57. The lowest BCUT2D eigenvalue weighted by atomic mass is 10.1. The fourth-order valence-electron chi connectivity index (χ4n) is 1.79. The fourth-order valence-corrected chi connectivity index (χ4v) is 2.65. The van der Waals surface area contributed by atoms with Crippen LogP contribution in [0.4, 0.5) is 5.69 Å². The second-order valence-electron chi connectivity index (χ2n) is 4.37. The van der Waals surface area contributed by atoms with E-state index in [1.807, 2.05) is 32.0 Å². The molecule has 1 aromatic carbocycles. The molecule has 5 heteroatoms. The molecule has 2 amide bonds. The highest BCUT2D eigenvalue weighted by Crippen LogP contribution is 2.19. The highest BCUT2D eigenvalue weighted by Gasteiger charge is 2.25. The molecule has 0 aliphatic carbocycles. The van der Waals surface area contributed by atoms with Gasteiger partial charge in [0, 0.05) is 11.4 Å². The largest absolute Gasteiger partial charge is 0.343 e. The number of benzene rings is 1. The number of aryl methyl sites for hydroxylation is 1. The van der Waals surface area contributed by atoms with E-state index in [1.54, 1.807) is 0 Å². The summed E-state index contributed by atoms with van der Waals surface area (Å²) in [6.07, 6.45) is 0. The molecule has 0 spiro atoms. The molecule has 1 aliphatic heterocycles. The quantitative estimate of drug-likeness (QED) is 0.850. The SMILES string of the molecule is Cc1cccc(NC(=O)C2CSCC(=O)N2)c1C. The maximum absolute atomic E-state index is 12.0. The number of thioether (sulfide) groups is 1. The van der Waals surface area contributed by atoms with E-state index >= 15 is 0 Å². The van der Waals surface area contributed by atoms with Gasteiger partial charge in [0.1, 0.15) is 6.04 Å². The number of hydrogen-bond acceptors (Lipinski definition) is 3. The van der Waals surface area contributed by atoms with Crippen LogP contribution in [0.2, 0.25) is 0 Å². The molecular weight excluding hydrogens is 248 g/mol. The fraction of sp³-hybridized carbons (Fsp3) is 0.385. The number of amides is 2. The molecule has 2 N–H and O–H groups in total. The van der Waals surface area contributed by atoms with Gasteiger partial charge in [0.2, 0.25) is 11.8 Å². The van der Waals surface area contributed by atoms with E-state index in [2.05, 4.69) is 10.6 Å². The van der Waals surface area contributed by atoms with Gasteiger partial charge in [-0.25, -0.2) is 0 Å². The molecule has 4 nitrogen and oxygen atoms in total. The van der Waals surface area contributed by atoms with Crippen molar-refractivity contribution < 1.29 is 9.59 Å². The Balaban J connectivity index is 2.07. The molecule has 1 saturated heterocycles. The molecule has 18 heavy (non-hydrogen) atoms. The van der Waals surface area contributed by atoms with Gasteiger partial charge in [0.05, 0.1) is 5.75 Å². The predicted molar refractivity (Wildman–Crippen MR) is 73.8 cm³/mol. The summed E-state index contributed by atoms with van der Waals surface area (Å²) >= 11 is 1.48. The van der Waals surface area contributed by atoms with E-state index in [9.17, 15) is 9.59 Å². The molecule has 1 atom stereocenters. The van der Waals surface area contributed by atoms with Gasteiger partial charge in [-0.05, 0) is 31.0 Å². The summed E-state index contributed by atoms with van der Waals surface area (Å²) in [5.41, 5.74) is 3.00. The van der Waals surface area contributed by atoms with E-state index in [4.69, 9.17) is 0 Å². The second kappa shape index (κ2) is 5.44. The standard InChI is InChI=1S/C13H16N2O2S/c1-8-4-3-5-10(9(8)2)15-13(17)11-6-18-7-12(16)14-11/h3-5,11H,6-7H2,1-2H3,(H,14,16)(H,15,17). The van der Waals surface area contributed by atoms with Gasteiger partial charge in [-0.15, -0.1) is 11.8 Å². The average molecular weight is 264 g/mol. The number of carbonyl (C=O) groups excluding carboxylic acids is 2. The number of anilines is 1. The molecule has 0 aromatic heterocycles. The third kappa shape index (κ3) is 2.85. The summed E-state index contributed by atoms with van der Waals surface area (Å²) in [4.78, 5) is 23.3. The van der Waals surface area contributed by atoms with Crippen LogP contribution in [0.1, 0.15) is 11.1 Å². The molecule has 0 radical (unpaired) electrons. The first kappa shape index (κ1) is 13.0. The highest BCUT2D eigenvalue weighted by atomic mass is 32.2. The Hall–Kier alpha value is -1.49. The van der Waals surface area contributed by atoms with Crippen LogP contribution >= 0.6 is 11.8 Å². The predicted octanol–water partition coefficient (Wildman–Crippen LogP) is 1.47. The summed E-state index contributed by atoms with van der Waals surface area (Å²) in [6, 6.07) is 5.35. The first-order valence-electron chi connectivity index (χ1n) is 5.82. The van der Waals surface area contributed by atoms with Gasteiger partial charge in [-0.2, -0.15) is 0 Å². The number of carbonyl (C=O) groups is 2. The first-order valence-corrected chi connectivity index (χ1v) is 6.97. The Kier molecular flexibility index (Phi) is 3.91. The van der Waals surface area contributed by atoms with Crippen LogP contribution in [-0.2, 0) is 9.59 Å². The van der Waals surface area contributed by atoms with Crippen LogP contribution in [0, 0.1) is 13.8 Å². The van der Waals surface area contributed by atoms with Crippen molar-refractivity contribution in [3.8, 4) is 0 Å². The van der Waals surface area contributed by atoms with Crippen LogP contribution in [0.5, 0.6) is 0 Å². The smallest absolute Gasteiger partial charge is 0.247 e. The topological polar surface area (TPSA) is 58.2 Å². The highest BCUT2D eigenvalue weighted by molar-refractivity contribution is 8.00. The van der Waals surface area contributed by atoms with E-state index in [-0.39, 0.29) is 11.8 Å². The molecule has 1 unspecified atom stereocenters. The zero-order valence-electron chi connectivity index (χ0n) is 10.4. The Morgan fingerprint density at radius 1 is 1.44 bits per heavy atom. The zero-order chi connectivity index (χ0) is 13.1. The Morgan fingerprint density at radius 2 is 2.22 bits per heavy atom. The second-order valence-corrected chi connectivity index (χ2v) is 5.40. The summed E-state index contributed by atoms with van der Waals surface area (Å²) in [6.45, 7) is 3.97. The number of rotatable bonds is 2. The Morgan fingerprint density at radius 3 is 2.94 bits per heavy atom. The van der Waals surface area contributed by atoms with Gasteiger partial charge < -0.3 is 10.6 Å². The molecule has 1 aromatic rings. The van der Waals surface area contributed by atoms with E-state index in [0.717, 1.165) is 16.8 Å².